The molecule has 0 radical (unpaired) electrons. The van der Waals surface area contributed by atoms with Gasteiger partial charge < -0.3 is 5.32 Å². The monoisotopic (exact) mass is 382 g/mol. The summed E-state index contributed by atoms with van der Waals surface area (Å²) in [5.41, 5.74) is 3.28. The van der Waals surface area contributed by atoms with Gasteiger partial charge in [0, 0.05) is 23.9 Å². The van der Waals surface area contributed by atoms with Crippen molar-refractivity contribution in [3.63, 3.8) is 0 Å². The number of hydrogen-bond acceptors (Lipinski definition) is 5. The molecule has 2 aromatic heterocycles. The first kappa shape index (κ1) is 19.3. The van der Waals surface area contributed by atoms with Crippen molar-refractivity contribution in [3.05, 3.63) is 75.4 Å². The van der Waals surface area contributed by atoms with Crippen LogP contribution in [0.25, 0.3) is 0 Å². The molecule has 0 aliphatic carbocycles. The number of benzene rings is 1. The van der Waals surface area contributed by atoms with Crippen LogP contribution in [0.3, 0.4) is 0 Å². The van der Waals surface area contributed by atoms with Gasteiger partial charge in [-0.25, -0.2) is 0 Å². The molecule has 1 N–H and O–H groups in total. The Hall–Kier alpha value is -3.49. The topological polar surface area (TPSA) is 108 Å². The van der Waals surface area contributed by atoms with Gasteiger partial charge in [0.15, 0.2) is 0 Å². The van der Waals surface area contributed by atoms with Crippen LogP contribution in [0.2, 0.25) is 0 Å². The van der Waals surface area contributed by atoms with Crippen molar-refractivity contribution in [2.75, 3.05) is 0 Å². The molecule has 9 heteroatoms. The molecule has 0 saturated carbocycles. The fourth-order valence-corrected chi connectivity index (χ4v) is 2.96. The van der Waals surface area contributed by atoms with Gasteiger partial charge in [-0.05, 0) is 38.5 Å². The van der Waals surface area contributed by atoms with E-state index in [1.54, 1.807) is 12.1 Å². The number of aryl methyl sites for hydroxylation is 2. The largest absolute Gasteiger partial charge is 0.345 e. The maximum Gasteiger partial charge on any atom is 0.307 e. The molecule has 0 spiro atoms. The highest BCUT2D eigenvalue weighted by Gasteiger charge is 2.16. The number of amides is 1. The fraction of sp³-hybridized carbons (Fsp3) is 0.316. The predicted molar refractivity (Wildman–Crippen MR) is 103 cm³/mol. The van der Waals surface area contributed by atoms with Gasteiger partial charge in [-0.3, -0.25) is 24.3 Å². The highest BCUT2D eigenvalue weighted by atomic mass is 16.6. The SMILES string of the molecule is CCn1cc(C(C)NC(=O)c2ccc(Cn3cc([N+](=O)[O-])cn3)cc2)c(C)n1. The molecule has 28 heavy (non-hydrogen) atoms. The van der Waals surface area contributed by atoms with Gasteiger partial charge >= 0.3 is 5.69 Å². The summed E-state index contributed by atoms with van der Waals surface area (Å²) in [6.07, 6.45) is 4.54. The van der Waals surface area contributed by atoms with Crippen LogP contribution in [-0.2, 0) is 13.1 Å². The molecule has 0 aliphatic heterocycles. The Morgan fingerprint density at radius 2 is 1.96 bits per heavy atom. The van der Waals surface area contributed by atoms with Crippen molar-refractivity contribution in [1.82, 2.24) is 24.9 Å². The second kappa shape index (κ2) is 8.03. The summed E-state index contributed by atoms with van der Waals surface area (Å²) < 4.78 is 3.34. The van der Waals surface area contributed by atoms with Gasteiger partial charge in [-0.1, -0.05) is 12.1 Å². The molecule has 146 valence electrons. The van der Waals surface area contributed by atoms with Crippen LogP contribution in [0.5, 0.6) is 0 Å². The minimum Gasteiger partial charge on any atom is -0.345 e. The Morgan fingerprint density at radius 1 is 1.25 bits per heavy atom. The van der Waals surface area contributed by atoms with Crippen LogP contribution < -0.4 is 5.32 Å². The molecule has 1 aromatic carbocycles. The number of nitrogens with one attached hydrogen (secondary N) is 1. The van der Waals surface area contributed by atoms with E-state index in [-0.39, 0.29) is 17.6 Å². The van der Waals surface area contributed by atoms with Gasteiger partial charge in [0.2, 0.25) is 0 Å². The van der Waals surface area contributed by atoms with Gasteiger partial charge in [0.05, 0.1) is 23.2 Å². The first-order valence-corrected chi connectivity index (χ1v) is 8.98. The number of nitro groups is 1. The van der Waals surface area contributed by atoms with E-state index in [1.807, 2.05) is 43.8 Å². The maximum atomic E-state index is 12.5. The summed E-state index contributed by atoms with van der Waals surface area (Å²) in [6.45, 7) is 7.05. The van der Waals surface area contributed by atoms with Crippen LogP contribution in [0.15, 0.2) is 42.9 Å². The minimum atomic E-state index is -0.482. The van der Waals surface area contributed by atoms with E-state index < -0.39 is 4.92 Å². The Balaban J connectivity index is 1.64. The smallest absolute Gasteiger partial charge is 0.307 e. The molecule has 9 nitrogen and oxygen atoms in total. The Morgan fingerprint density at radius 3 is 2.54 bits per heavy atom. The first-order valence-electron chi connectivity index (χ1n) is 8.98. The number of nitrogens with zero attached hydrogens (tertiary/aromatic N) is 5. The van der Waals surface area contributed by atoms with Gasteiger partial charge in [-0.15, -0.1) is 0 Å². The molecule has 0 bridgehead atoms. The van der Waals surface area contributed by atoms with E-state index in [9.17, 15) is 14.9 Å². The molecule has 3 rings (SSSR count). The van der Waals surface area contributed by atoms with Crippen molar-refractivity contribution in [1.29, 1.82) is 0 Å². The third kappa shape index (κ3) is 4.25. The molecule has 3 aromatic rings. The molecule has 0 fully saturated rings. The van der Waals surface area contributed by atoms with Gasteiger partial charge in [-0.2, -0.15) is 10.2 Å². The van der Waals surface area contributed by atoms with Crippen molar-refractivity contribution in [3.8, 4) is 0 Å². The molecule has 1 unspecified atom stereocenters. The van der Waals surface area contributed by atoms with Crippen LogP contribution >= 0.6 is 0 Å². The van der Waals surface area contributed by atoms with E-state index in [1.165, 1.54) is 17.1 Å². The van der Waals surface area contributed by atoms with Crippen LogP contribution in [0, 0.1) is 17.0 Å². The summed E-state index contributed by atoms with van der Waals surface area (Å²) in [5, 5.41) is 22.1. The number of rotatable bonds is 7. The molecule has 1 amide bonds. The maximum absolute atomic E-state index is 12.5. The normalized spacial score (nSPS) is 12.0. The number of aromatic nitrogens is 4. The highest BCUT2D eigenvalue weighted by Crippen LogP contribution is 2.17. The number of hydrogen-bond donors (Lipinski definition) is 1. The second-order valence-electron chi connectivity index (χ2n) is 6.57. The van der Waals surface area contributed by atoms with E-state index in [0.717, 1.165) is 23.4 Å². The highest BCUT2D eigenvalue weighted by molar-refractivity contribution is 5.94. The molecule has 0 aliphatic rings. The van der Waals surface area contributed by atoms with Crippen LogP contribution in [0.1, 0.15) is 47.1 Å². The summed E-state index contributed by atoms with van der Waals surface area (Å²) >= 11 is 0. The van der Waals surface area contributed by atoms with E-state index in [0.29, 0.717) is 12.1 Å². The lowest BCUT2D eigenvalue weighted by Gasteiger charge is -2.13. The Kier molecular flexibility index (Phi) is 5.53. The third-order valence-corrected chi connectivity index (χ3v) is 4.51. The standard InChI is InChI=1S/C19H22N6O3/c1-4-23-12-18(14(3)22-23)13(2)21-19(26)16-7-5-15(6-8-16)10-24-11-17(9-20-24)25(27)28/h5-9,11-13H,4,10H2,1-3H3,(H,21,26). The minimum absolute atomic E-state index is 0.0494. The zero-order valence-electron chi connectivity index (χ0n) is 16.0. The second-order valence-corrected chi connectivity index (χ2v) is 6.57. The van der Waals surface area contributed by atoms with Crippen LogP contribution in [0.4, 0.5) is 5.69 Å². The molecular weight excluding hydrogens is 360 g/mol. The quantitative estimate of drug-likeness (QED) is 0.499. The zero-order valence-corrected chi connectivity index (χ0v) is 16.0. The summed E-state index contributed by atoms with van der Waals surface area (Å²) in [4.78, 5) is 22.8. The number of carbonyl (C=O) groups excluding carboxylic acids is 1. The van der Waals surface area contributed by atoms with Gasteiger partial charge in [0.1, 0.15) is 12.4 Å². The average molecular weight is 382 g/mol. The average Bonchev–Trinajstić information content (AvgIpc) is 3.28. The summed E-state index contributed by atoms with van der Waals surface area (Å²) in [6, 6.07) is 6.94. The van der Waals surface area contributed by atoms with E-state index >= 15 is 0 Å². The third-order valence-electron chi connectivity index (χ3n) is 4.51. The molecule has 2 heterocycles. The number of carbonyl (C=O) groups is 1. The fourth-order valence-electron chi connectivity index (χ4n) is 2.96. The Labute approximate surface area is 162 Å². The van der Waals surface area contributed by atoms with Crippen molar-refractivity contribution in [2.45, 2.75) is 39.9 Å². The van der Waals surface area contributed by atoms with E-state index in [4.69, 9.17) is 0 Å². The molecule has 1 atom stereocenters. The summed E-state index contributed by atoms with van der Waals surface area (Å²) in [7, 11) is 0. The van der Waals surface area contributed by atoms with E-state index in [2.05, 4.69) is 15.5 Å². The van der Waals surface area contributed by atoms with Crippen molar-refractivity contribution < 1.29 is 9.72 Å². The Bertz CT molecular complexity index is 990. The van der Waals surface area contributed by atoms with Gasteiger partial charge in [0.25, 0.3) is 5.91 Å². The summed E-state index contributed by atoms with van der Waals surface area (Å²) in [5.74, 6) is -0.169. The molecular formula is C19H22N6O3. The molecule has 0 saturated heterocycles. The lowest BCUT2D eigenvalue weighted by Crippen LogP contribution is -2.26. The van der Waals surface area contributed by atoms with Crippen molar-refractivity contribution in [2.24, 2.45) is 0 Å². The first-order chi connectivity index (χ1) is 13.4. The lowest BCUT2D eigenvalue weighted by molar-refractivity contribution is -0.385. The predicted octanol–water partition coefficient (Wildman–Crippen LogP) is 2.86. The van der Waals surface area contributed by atoms with Crippen molar-refractivity contribution >= 4 is 11.6 Å². The van der Waals surface area contributed by atoms with Crippen LogP contribution in [-0.4, -0.2) is 30.4 Å². The zero-order chi connectivity index (χ0) is 20.3. The lowest BCUT2D eigenvalue weighted by atomic mass is 10.1.